The SMILES string of the molecule is Cc1nc2ccc(Nc3cc(N)nn4cc([C@H]5CC[C@H](N)CC5)nc34)cc2s1. The number of nitrogens with two attached hydrogens (primary N) is 2. The van der Waals surface area contributed by atoms with Gasteiger partial charge in [-0.2, -0.15) is 0 Å². The largest absolute Gasteiger partial charge is 0.382 e. The number of hydrogen-bond acceptors (Lipinski definition) is 7. The molecule has 1 aromatic carbocycles. The Bertz CT molecular complexity index is 1150. The minimum atomic E-state index is 0.324. The number of aryl methyl sites for hydroxylation is 1. The van der Waals surface area contributed by atoms with Crippen molar-refractivity contribution in [3.63, 3.8) is 0 Å². The fourth-order valence-corrected chi connectivity index (χ4v) is 4.86. The van der Waals surface area contributed by atoms with Crippen molar-refractivity contribution >= 4 is 44.4 Å². The summed E-state index contributed by atoms with van der Waals surface area (Å²) in [6, 6.07) is 8.33. The Hall–Kier alpha value is -2.71. The van der Waals surface area contributed by atoms with Crippen LogP contribution in [0.25, 0.3) is 15.9 Å². The van der Waals surface area contributed by atoms with Crippen molar-refractivity contribution < 1.29 is 0 Å². The summed E-state index contributed by atoms with van der Waals surface area (Å²) in [6.07, 6.45) is 6.25. The normalized spacial score (nSPS) is 20.1. The van der Waals surface area contributed by atoms with Crippen LogP contribution in [-0.2, 0) is 0 Å². The van der Waals surface area contributed by atoms with E-state index in [0.29, 0.717) is 17.8 Å². The van der Waals surface area contributed by atoms with E-state index in [4.69, 9.17) is 16.5 Å². The molecule has 7 nitrogen and oxygen atoms in total. The Balaban J connectivity index is 1.50. The maximum atomic E-state index is 6.05. The minimum Gasteiger partial charge on any atom is -0.382 e. The highest BCUT2D eigenvalue weighted by molar-refractivity contribution is 7.18. The van der Waals surface area contributed by atoms with Gasteiger partial charge in [-0.1, -0.05) is 0 Å². The number of nitrogens with zero attached hydrogens (tertiary/aromatic N) is 4. The van der Waals surface area contributed by atoms with Crippen LogP contribution in [-0.4, -0.2) is 25.6 Å². The van der Waals surface area contributed by atoms with E-state index >= 15 is 0 Å². The van der Waals surface area contributed by atoms with E-state index in [2.05, 4.69) is 21.5 Å². The van der Waals surface area contributed by atoms with Gasteiger partial charge in [-0.3, -0.25) is 0 Å². The maximum absolute atomic E-state index is 6.05. The molecule has 144 valence electrons. The molecular weight excluding hydrogens is 370 g/mol. The van der Waals surface area contributed by atoms with Gasteiger partial charge >= 0.3 is 0 Å². The van der Waals surface area contributed by atoms with Gasteiger partial charge in [-0.25, -0.2) is 14.5 Å². The van der Waals surface area contributed by atoms with Crippen LogP contribution in [0, 0.1) is 6.92 Å². The van der Waals surface area contributed by atoms with Gasteiger partial charge in [-0.05, 0) is 50.8 Å². The van der Waals surface area contributed by atoms with Crippen LogP contribution in [0.15, 0.2) is 30.5 Å². The molecule has 3 heterocycles. The van der Waals surface area contributed by atoms with Crippen LogP contribution in [0.1, 0.15) is 42.3 Å². The number of nitrogen functional groups attached to an aromatic ring is 1. The molecule has 8 heteroatoms. The summed E-state index contributed by atoms with van der Waals surface area (Å²) in [4.78, 5) is 9.42. The quantitative estimate of drug-likeness (QED) is 0.486. The number of nitrogens with one attached hydrogen (secondary N) is 1. The van der Waals surface area contributed by atoms with Gasteiger partial charge in [0.1, 0.15) is 5.82 Å². The molecule has 0 spiro atoms. The second kappa shape index (κ2) is 6.72. The molecule has 0 radical (unpaired) electrons. The fourth-order valence-electron chi connectivity index (χ4n) is 3.99. The van der Waals surface area contributed by atoms with Crippen molar-refractivity contribution in [3.8, 4) is 0 Å². The summed E-state index contributed by atoms with van der Waals surface area (Å²) in [5, 5.41) is 8.95. The Kier molecular flexibility index (Phi) is 4.17. The van der Waals surface area contributed by atoms with Gasteiger partial charge in [0.25, 0.3) is 0 Å². The van der Waals surface area contributed by atoms with Gasteiger partial charge in [0, 0.05) is 23.7 Å². The number of thiazole rings is 1. The third kappa shape index (κ3) is 3.18. The molecule has 1 saturated carbocycles. The minimum absolute atomic E-state index is 0.324. The van der Waals surface area contributed by atoms with Crippen molar-refractivity contribution in [2.24, 2.45) is 5.73 Å². The lowest BCUT2D eigenvalue weighted by molar-refractivity contribution is 0.391. The zero-order valence-electron chi connectivity index (χ0n) is 15.7. The molecular formula is C20H23N7S. The topological polar surface area (TPSA) is 107 Å². The highest BCUT2D eigenvalue weighted by atomic mass is 32.1. The van der Waals surface area contributed by atoms with Gasteiger partial charge in [-0.15, -0.1) is 16.4 Å². The highest BCUT2D eigenvalue weighted by Crippen LogP contribution is 2.33. The predicted octanol–water partition coefficient (Wildman–Crippen LogP) is 3.96. The van der Waals surface area contributed by atoms with Gasteiger partial charge in [0.15, 0.2) is 5.65 Å². The average Bonchev–Trinajstić information content (AvgIpc) is 3.24. The molecule has 0 saturated heterocycles. The van der Waals surface area contributed by atoms with Crippen LogP contribution in [0.3, 0.4) is 0 Å². The van der Waals surface area contributed by atoms with E-state index < -0.39 is 0 Å². The van der Waals surface area contributed by atoms with Crippen molar-refractivity contribution in [3.05, 3.63) is 41.2 Å². The number of hydrogen-bond donors (Lipinski definition) is 3. The second-order valence-corrected chi connectivity index (χ2v) is 8.80. The smallest absolute Gasteiger partial charge is 0.177 e. The fraction of sp³-hybridized carbons (Fsp3) is 0.350. The number of benzene rings is 1. The number of fused-ring (bicyclic) bond motifs is 2. The van der Waals surface area contributed by atoms with Crippen molar-refractivity contribution in [1.82, 2.24) is 19.6 Å². The Labute approximate surface area is 166 Å². The molecule has 0 amide bonds. The van der Waals surface area contributed by atoms with E-state index in [1.165, 1.54) is 0 Å². The summed E-state index contributed by atoms with van der Waals surface area (Å²) < 4.78 is 2.94. The van der Waals surface area contributed by atoms with Crippen LogP contribution in [0.4, 0.5) is 17.2 Å². The lowest BCUT2D eigenvalue weighted by atomic mass is 9.85. The van der Waals surface area contributed by atoms with Crippen LogP contribution < -0.4 is 16.8 Å². The van der Waals surface area contributed by atoms with E-state index in [-0.39, 0.29) is 0 Å². The highest BCUT2D eigenvalue weighted by Gasteiger charge is 2.23. The molecule has 5 N–H and O–H groups in total. The molecule has 4 aromatic rings. The molecule has 0 bridgehead atoms. The van der Waals surface area contributed by atoms with Crippen LogP contribution in [0.5, 0.6) is 0 Å². The predicted molar refractivity (Wildman–Crippen MR) is 114 cm³/mol. The van der Waals surface area contributed by atoms with Crippen molar-refractivity contribution in [2.45, 2.75) is 44.6 Å². The molecule has 0 aliphatic heterocycles. The summed E-state index contributed by atoms with van der Waals surface area (Å²) >= 11 is 1.69. The molecule has 1 aliphatic carbocycles. The first-order valence-corrected chi connectivity index (χ1v) is 10.4. The lowest BCUT2D eigenvalue weighted by Crippen LogP contribution is -2.25. The summed E-state index contributed by atoms with van der Waals surface area (Å²) in [5.74, 6) is 0.895. The van der Waals surface area contributed by atoms with E-state index in [1.807, 2.05) is 31.3 Å². The number of imidazole rings is 1. The first-order valence-electron chi connectivity index (χ1n) is 9.61. The first-order chi connectivity index (χ1) is 13.5. The Morgan fingerprint density at radius 1 is 1.14 bits per heavy atom. The van der Waals surface area contributed by atoms with E-state index in [1.54, 1.807) is 15.9 Å². The third-order valence-corrected chi connectivity index (χ3v) is 6.36. The van der Waals surface area contributed by atoms with Crippen LogP contribution >= 0.6 is 11.3 Å². The maximum Gasteiger partial charge on any atom is 0.177 e. The molecule has 1 fully saturated rings. The zero-order valence-corrected chi connectivity index (χ0v) is 16.5. The van der Waals surface area contributed by atoms with Gasteiger partial charge in [0.05, 0.1) is 32.8 Å². The van der Waals surface area contributed by atoms with Crippen LogP contribution in [0.2, 0.25) is 0 Å². The molecule has 5 rings (SSSR count). The average molecular weight is 394 g/mol. The standard InChI is InChI=1S/C20H23N7S/c1-11-23-15-7-6-14(8-18(15)28-11)24-16-9-19(22)26-27-10-17(25-20(16)27)12-2-4-13(21)5-3-12/h6-10,12-13,24H,2-5,21H2,1H3,(H2,22,26)/t12-,13-. The summed E-state index contributed by atoms with van der Waals surface area (Å²) in [6.45, 7) is 2.02. The van der Waals surface area contributed by atoms with Gasteiger partial charge in [0.2, 0.25) is 0 Å². The number of anilines is 3. The summed E-state index contributed by atoms with van der Waals surface area (Å²) in [5.41, 5.74) is 16.8. The van der Waals surface area contributed by atoms with Crippen molar-refractivity contribution in [1.29, 1.82) is 0 Å². The molecule has 0 atom stereocenters. The first kappa shape index (κ1) is 17.4. The number of rotatable bonds is 3. The molecule has 28 heavy (non-hydrogen) atoms. The monoisotopic (exact) mass is 393 g/mol. The van der Waals surface area contributed by atoms with Crippen molar-refractivity contribution in [2.75, 3.05) is 11.1 Å². The van der Waals surface area contributed by atoms with Gasteiger partial charge < -0.3 is 16.8 Å². The van der Waals surface area contributed by atoms with E-state index in [0.717, 1.165) is 63.6 Å². The van der Waals surface area contributed by atoms with E-state index in [9.17, 15) is 0 Å². The second-order valence-electron chi connectivity index (χ2n) is 7.57. The zero-order chi connectivity index (χ0) is 19.3. The molecule has 0 unspecified atom stereocenters. The molecule has 3 aromatic heterocycles. The summed E-state index contributed by atoms with van der Waals surface area (Å²) in [7, 11) is 0. The third-order valence-electron chi connectivity index (χ3n) is 5.43. The Morgan fingerprint density at radius 3 is 2.79 bits per heavy atom. The lowest BCUT2D eigenvalue weighted by Gasteiger charge is -2.24. The molecule has 1 aliphatic rings. The Morgan fingerprint density at radius 2 is 1.96 bits per heavy atom. The number of aromatic nitrogens is 4.